The minimum Gasteiger partial charge on any atom is -0.463 e. The zero-order chi connectivity index (χ0) is 18.8. The van der Waals surface area contributed by atoms with Crippen LogP contribution in [0.5, 0.6) is 0 Å². The Morgan fingerprint density at radius 1 is 1.15 bits per heavy atom. The van der Waals surface area contributed by atoms with Crippen LogP contribution in [0.2, 0.25) is 0 Å². The minimum absolute atomic E-state index is 0.223. The molecule has 1 N–H and O–H groups in total. The zero-order valence-electron chi connectivity index (χ0n) is 14.8. The second-order valence-electron chi connectivity index (χ2n) is 6.36. The number of hydrogen-bond donors (Lipinski definition) is 1. The van der Waals surface area contributed by atoms with Crippen molar-refractivity contribution in [2.24, 2.45) is 0 Å². The quantitative estimate of drug-likeness (QED) is 0.576. The summed E-state index contributed by atoms with van der Waals surface area (Å²) in [6.07, 6.45) is 1.63. The highest BCUT2D eigenvalue weighted by atomic mass is 16.3. The maximum Gasteiger partial charge on any atom is 0.272 e. The van der Waals surface area contributed by atoms with Crippen LogP contribution in [0.1, 0.15) is 27.2 Å². The van der Waals surface area contributed by atoms with E-state index in [9.17, 15) is 4.79 Å². The third kappa shape index (κ3) is 3.21. The van der Waals surface area contributed by atoms with Crippen LogP contribution in [0.15, 0.2) is 71.3 Å². The predicted molar refractivity (Wildman–Crippen MR) is 104 cm³/mol. The van der Waals surface area contributed by atoms with E-state index in [0.29, 0.717) is 29.1 Å². The molecule has 0 saturated heterocycles. The lowest BCUT2D eigenvalue weighted by atomic mass is 10.1. The topological polar surface area (TPSA) is 71.0 Å². The molecule has 0 radical (unpaired) electrons. The maximum absolute atomic E-state index is 12.9. The molecule has 0 bridgehead atoms. The lowest BCUT2D eigenvalue weighted by molar-refractivity contribution is 0.101. The van der Waals surface area contributed by atoms with E-state index in [1.165, 1.54) is 5.56 Å². The molecule has 4 rings (SSSR count). The number of carbonyl (C=O) groups excluding carboxylic acids is 1. The van der Waals surface area contributed by atoms with Crippen molar-refractivity contribution < 1.29 is 9.21 Å². The second-order valence-corrected chi connectivity index (χ2v) is 6.36. The number of anilines is 1. The van der Waals surface area contributed by atoms with Crippen molar-refractivity contribution >= 4 is 22.7 Å². The van der Waals surface area contributed by atoms with Gasteiger partial charge in [-0.05, 0) is 42.3 Å². The molecule has 132 valence electrons. The van der Waals surface area contributed by atoms with Gasteiger partial charge in [-0.15, -0.1) is 0 Å². The molecule has 0 fully saturated rings. The van der Waals surface area contributed by atoms with Crippen molar-refractivity contribution in [1.29, 1.82) is 5.26 Å². The molecule has 27 heavy (non-hydrogen) atoms. The summed E-state index contributed by atoms with van der Waals surface area (Å²) in [5, 5.41) is 11.8. The van der Waals surface area contributed by atoms with Crippen LogP contribution in [0.25, 0.3) is 11.1 Å². The highest BCUT2D eigenvalue weighted by Crippen LogP contribution is 2.24. The lowest BCUT2D eigenvalue weighted by Gasteiger charge is -2.12. The molecule has 2 aromatic carbocycles. The number of hydrogen-bond acceptors (Lipinski definition) is 3. The largest absolute Gasteiger partial charge is 0.463 e. The smallest absolute Gasteiger partial charge is 0.272 e. The summed E-state index contributed by atoms with van der Waals surface area (Å²) in [6, 6.07) is 20.6. The molecule has 0 spiro atoms. The summed E-state index contributed by atoms with van der Waals surface area (Å²) in [7, 11) is 0. The third-order valence-electron chi connectivity index (χ3n) is 4.62. The molecule has 0 saturated carbocycles. The van der Waals surface area contributed by atoms with Crippen LogP contribution >= 0.6 is 0 Å². The van der Waals surface area contributed by atoms with Crippen LogP contribution in [0.4, 0.5) is 5.69 Å². The Morgan fingerprint density at radius 3 is 2.67 bits per heavy atom. The average Bonchev–Trinajstić information content (AvgIpc) is 3.27. The van der Waals surface area contributed by atoms with Gasteiger partial charge in [0.05, 0.1) is 23.4 Å². The van der Waals surface area contributed by atoms with E-state index in [2.05, 4.69) is 30.4 Å². The predicted octanol–water partition coefficient (Wildman–Crippen LogP) is 4.72. The first-order valence-electron chi connectivity index (χ1n) is 8.58. The molecule has 0 unspecified atom stereocenters. The highest BCUT2D eigenvalue weighted by Gasteiger charge is 2.18. The van der Waals surface area contributed by atoms with Crippen molar-refractivity contribution in [3.05, 3.63) is 89.3 Å². The van der Waals surface area contributed by atoms with Crippen molar-refractivity contribution in [3.8, 4) is 6.07 Å². The fourth-order valence-corrected chi connectivity index (χ4v) is 3.12. The molecule has 0 aliphatic carbocycles. The Kier molecular flexibility index (Phi) is 4.23. The maximum atomic E-state index is 12.9. The minimum atomic E-state index is -0.223. The van der Waals surface area contributed by atoms with Crippen molar-refractivity contribution in [2.45, 2.75) is 13.5 Å². The van der Waals surface area contributed by atoms with E-state index in [1.807, 2.05) is 22.8 Å². The molecule has 0 atom stereocenters. The Labute approximate surface area is 156 Å². The van der Waals surface area contributed by atoms with Gasteiger partial charge >= 0.3 is 0 Å². The molecule has 1 amide bonds. The molecule has 2 heterocycles. The van der Waals surface area contributed by atoms with Gasteiger partial charge < -0.3 is 14.3 Å². The van der Waals surface area contributed by atoms with Crippen molar-refractivity contribution in [3.63, 3.8) is 0 Å². The van der Waals surface area contributed by atoms with Gasteiger partial charge in [0.15, 0.2) is 5.58 Å². The number of benzene rings is 2. The van der Waals surface area contributed by atoms with E-state index in [-0.39, 0.29) is 5.91 Å². The summed E-state index contributed by atoms with van der Waals surface area (Å²) in [4.78, 5) is 12.9. The van der Waals surface area contributed by atoms with Gasteiger partial charge in [0.2, 0.25) is 0 Å². The van der Waals surface area contributed by atoms with Crippen LogP contribution in [0, 0.1) is 18.3 Å². The van der Waals surface area contributed by atoms with Crippen LogP contribution < -0.4 is 5.32 Å². The second kappa shape index (κ2) is 6.85. The highest BCUT2D eigenvalue weighted by molar-refractivity contribution is 6.05. The number of nitriles is 1. The normalized spacial score (nSPS) is 10.7. The van der Waals surface area contributed by atoms with E-state index < -0.39 is 0 Å². The third-order valence-corrected chi connectivity index (χ3v) is 4.62. The number of nitrogens with zero attached hydrogens (tertiary/aromatic N) is 2. The Bertz CT molecular complexity index is 1160. The monoisotopic (exact) mass is 355 g/mol. The van der Waals surface area contributed by atoms with E-state index in [1.54, 1.807) is 36.6 Å². The number of carbonyl (C=O) groups is 1. The number of nitrogens with one attached hydrogen (secondary N) is 1. The Hall–Kier alpha value is -3.78. The molecule has 0 aliphatic rings. The molecule has 0 aliphatic heterocycles. The first-order chi connectivity index (χ1) is 13.2. The van der Waals surface area contributed by atoms with Gasteiger partial charge in [-0.25, -0.2) is 0 Å². The summed E-state index contributed by atoms with van der Waals surface area (Å²) < 4.78 is 7.46. The van der Waals surface area contributed by atoms with Gasteiger partial charge in [0, 0.05) is 24.4 Å². The molecule has 2 aromatic heterocycles. The number of amides is 1. The molecule has 5 nitrogen and oxygen atoms in total. The number of fused-ring (bicyclic) bond motifs is 1. The van der Waals surface area contributed by atoms with Gasteiger partial charge in [-0.3, -0.25) is 4.79 Å². The summed E-state index contributed by atoms with van der Waals surface area (Å²) in [5.41, 5.74) is 5.58. The Balaban J connectivity index is 1.68. The van der Waals surface area contributed by atoms with E-state index >= 15 is 0 Å². The van der Waals surface area contributed by atoms with Gasteiger partial charge in [0.25, 0.3) is 5.91 Å². The number of furan rings is 1. The van der Waals surface area contributed by atoms with Crippen LogP contribution in [-0.2, 0) is 6.54 Å². The SMILES string of the molecule is Cc1ccccc1Cn1c(C(=O)Nc2ccc(C#N)cc2)cc2occc21. The van der Waals surface area contributed by atoms with Crippen molar-refractivity contribution in [1.82, 2.24) is 4.57 Å². The van der Waals surface area contributed by atoms with Crippen LogP contribution in [0.3, 0.4) is 0 Å². The number of aromatic nitrogens is 1. The molecular formula is C22H17N3O2. The number of rotatable bonds is 4. The van der Waals surface area contributed by atoms with Gasteiger partial charge in [-0.2, -0.15) is 5.26 Å². The lowest BCUT2D eigenvalue weighted by Crippen LogP contribution is -2.17. The first-order valence-corrected chi connectivity index (χ1v) is 8.58. The Morgan fingerprint density at radius 2 is 1.93 bits per heavy atom. The van der Waals surface area contributed by atoms with Crippen LogP contribution in [-0.4, -0.2) is 10.5 Å². The van der Waals surface area contributed by atoms with Gasteiger partial charge in [0.1, 0.15) is 5.69 Å². The fourth-order valence-electron chi connectivity index (χ4n) is 3.12. The molecule has 4 aromatic rings. The van der Waals surface area contributed by atoms with Crippen molar-refractivity contribution in [2.75, 3.05) is 5.32 Å². The summed E-state index contributed by atoms with van der Waals surface area (Å²) in [6.45, 7) is 2.63. The summed E-state index contributed by atoms with van der Waals surface area (Å²) in [5.74, 6) is -0.223. The zero-order valence-corrected chi connectivity index (χ0v) is 14.8. The first kappa shape index (κ1) is 16.7. The van der Waals surface area contributed by atoms with E-state index in [0.717, 1.165) is 11.1 Å². The standard InChI is InChI=1S/C22H17N3O2/c1-15-4-2-3-5-17(15)14-25-19-10-11-27-21(19)12-20(25)22(26)24-18-8-6-16(13-23)7-9-18/h2-12H,14H2,1H3,(H,24,26). The van der Waals surface area contributed by atoms with E-state index in [4.69, 9.17) is 9.68 Å². The molecular weight excluding hydrogens is 338 g/mol. The van der Waals surface area contributed by atoms with Gasteiger partial charge in [-0.1, -0.05) is 24.3 Å². The number of aryl methyl sites for hydroxylation is 1. The fraction of sp³-hybridized carbons (Fsp3) is 0.0909. The summed E-state index contributed by atoms with van der Waals surface area (Å²) >= 11 is 0. The average molecular weight is 355 g/mol. The molecule has 5 heteroatoms.